The maximum atomic E-state index is 5.58. The first-order valence-electron chi connectivity index (χ1n) is 30.5. The maximum absolute atomic E-state index is 5.58. The number of para-hydroxylation sites is 4. The Bertz CT molecular complexity index is 5170. The lowest BCUT2D eigenvalue weighted by Crippen LogP contribution is -2.04. The van der Waals surface area contributed by atoms with Gasteiger partial charge in [-0.25, -0.2) is 9.97 Å². The second-order valence-electron chi connectivity index (χ2n) is 23.5. The number of rotatable bonds is 10. The molecule has 4 heterocycles. The first kappa shape index (κ1) is 51.7. The topological polar surface area (TPSA) is 40.6 Å². The molecule has 0 bridgehead atoms. The molecule has 4 aromatic heterocycles. The highest BCUT2D eigenvalue weighted by Gasteiger charge is 2.26. The van der Waals surface area contributed by atoms with Crippen molar-refractivity contribution < 1.29 is 0 Å². The molecule has 5 heteroatoms. The van der Waals surface area contributed by atoms with E-state index in [2.05, 4.69) is 337 Å². The average Bonchev–Trinajstić information content (AvgIpc) is 1.68. The Labute approximate surface area is 516 Å². The van der Waals surface area contributed by atoms with Crippen molar-refractivity contribution in [1.82, 2.24) is 23.7 Å². The Morgan fingerprint density at radius 1 is 0.225 bits per heavy atom. The second kappa shape index (κ2) is 21.1. The Kier molecular flexibility index (Phi) is 12.3. The van der Waals surface area contributed by atoms with Crippen LogP contribution in [0.4, 0.5) is 0 Å². The number of aromatic nitrogens is 5. The summed E-state index contributed by atoms with van der Waals surface area (Å²) in [7, 11) is 0. The van der Waals surface area contributed by atoms with E-state index in [1.54, 1.807) is 0 Å². The summed E-state index contributed by atoms with van der Waals surface area (Å²) >= 11 is 0. The molecule has 5 nitrogen and oxygen atoms in total. The van der Waals surface area contributed by atoms with Gasteiger partial charge in [0.1, 0.15) is 0 Å². The summed E-state index contributed by atoms with van der Waals surface area (Å²) in [6, 6.07) is 113. The van der Waals surface area contributed by atoms with Crippen LogP contribution in [-0.2, 0) is 0 Å². The van der Waals surface area contributed by atoms with E-state index >= 15 is 0 Å². The quantitative estimate of drug-likeness (QED) is 0.137. The first-order valence-corrected chi connectivity index (χ1v) is 30.5. The third kappa shape index (κ3) is 8.85. The molecule has 418 valence electrons. The summed E-state index contributed by atoms with van der Waals surface area (Å²) < 4.78 is 7.39. The van der Waals surface area contributed by atoms with Gasteiger partial charge in [-0.2, -0.15) is 0 Å². The molecule has 0 saturated heterocycles. The van der Waals surface area contributed by atoms with Gasteiger partial charge < -0.3 is 13.7 Å². The summed E-state index contributed by atoms with van der Waals surface area (Å²) in [6.45, 7) is 4.30. The number of benzene rings is 13. The fourth-order valence-corrected chi connectivity index (χ4v) is 13.7. The zero-order chi connectivity index (χ0) is 59.1. The molecular formula is C84H57N5. The highest BCUT2D eigenvalue weighted by atomic mass is 15.0. The number of aryl methyl sites for hydroxylation is 2. The summed E-state index contributed by atoms with van der Waals surface area (Å²) in [5.74, 6) is 0.629. The largest absolute Gasteiger partial charge is 0.309 e. The van der Waals surface area contributed by atoms with Gasteiger partial charge in [0.25, 0.3) is 0 Å². The van der Waals surface area contributed by atoms with Gasteiger partial charge in [0, 0.05) is 71.5 Å². The minimum atomic E-state index is 0.629. The van der Waals surface area contributed by atoms with Crippen molar-refractivity contribution >= 4 is 65.4 Å². The molecule has 89 heavy (non-hydrogen) atoms. The molecule has 0 radical (unpaired) electrons. The van der Waals surface area contributed by atoms with Crippen LogP contribution in [0.15, 0.2) is 309 Å². The van der Waals surface area contributed by atoms with E-state index in [1.165, 1.54) is 43.8 Å². The van der Waals surface area contributed by atoms with Crippen LogP contribution < -0.4 is 0 Å². The minimum Gasteiger partial charge on any atom is -0.309 e. The third-order valence-corrected chi connectivity index (χ3v) is 18.0. The monoisotopic (exact) mass is 1140 g/mol. The minimum absolute atomic E-state index is 0.629. The molecule has 0 aliphatic rings. The van der Waals surface area contributed by atoms with Gasteiger partial charge in [-0.05, 0) is 138 Å². The van der Waals surface area contributed by atoms with Crippen LogP contribution in [0.3, 0.4) is 0 Å². The molecule has 0 aliphatic heterocycles. The number of hydrogen-bond donors (Lipinski definition) is 0. The van der Waals surface area contributed by atoms with Crippen molar-refractivity contribution in [1.29, 1.82) is 0 Å². The molecular weight excluding hydrogens is 1080 g/mol. The molecule has 17 aromatic rings. The lowest BCUT2D eigenvalue weighted by atomic mass is 9.91. The molecule has 0 N–H and O–H groups in total. The van der Waals surface area contributed by atoms with E-state index in [-0.39, 0.29) is 0 Å². The highest BCUT2D eigenvalue weighted by Crippen LogP contribution is 2.47. The van der Waals surface area contributed by atoms with Crippen LogP contribution in [-0.4, -0.2) is 23.7 Å². The normalized spacial score (nSPS) is 11.7. The van der Waals surface area contributed by atoms with Crippen molar-refractivity contribution in [3.63, 3.8) is 0 Å². The number of nitrogens with zero attached hydrogens (tertiary/aromatic N) is 5. The predicted molar refractivity (Wildman–Crippen MR) is 373 cm³/mol. The van der Waals surface area contributed by atoms with Crippen molar-refractivity contribution in [3.05, 3.63) is 321 Å². The average molecular weight is 1140 g/mol. The standard InChI is InChI=1S/C84H57N5/c1-54-35-39-56(40-36-54)60-43-45-81-73(49-60)74-50-61(57-41-37-55(2)38-42-57)44-46-82(74)89(81)83-71(62-23-17-25-65(47-62)87-77-31-13-9-27-67(77)68-28-10-14-32-78(68)87)51-64(84-85-75(58-19-5-3-6-20-58)53-76(86-84)59-21-7-4-8-22-59)52-72(83)63-24-18-26-66(48-63)88-79-33-15-11-29-69(79)70-30-12-16-34-80(70)88/h3-53H,1-2H3. The van der Waals surface area contributed by atoms with Gasteiger partial charge >= 0.3 is 0 Å². The Balaban J connectivity index is 1.01. The van der Waals surface area contributed by atoms with E-state index in [4.69, 9.17) is 9.97 Å². The fraction of sp³-hybridized carbons (Fsp3) is 0.0238. The van der Waals surface area contributed by atoms with Crippen molar-refractivity contribution in [2.24, 2.45) is 0 Å². The van der Waals surface area contributed by atoms with E-state index in [0.29, 0.717) is 5.82 Å². The van der Waals surface area contributed by atoms with Crippen molar-refractivity contribution in [2.75, 3.05) is 0 Å². The SMILES string of the molecule is Cc1ccc(-c2ccc3c(c2)c2cc(-c4ccc(C)cc4)ccc2n3-c2c(-c3cccc(-n4c5ccccc5c5ccccc54)c3)cc(-c3nc(-c4ccccc4)cc(-c4ccccc4)n3)cc2-c2cccc(-n3c4ccccc4c4ccccc43)c2)cc1. The molecule has 17 rings (SSSR count). The van der Waals surface area contributed by atoms with Crippen LogP contribution in [0.25, 0.3) is 161 Å². The highest BCUT2D eigenvalue weighted by molar-refractivity contribution is 6.14. The van der Waals surface area contributed by atoms with Gasteiger partial charge in [0.2, 0.25) is 0 Å². The Morgan fingerprint density at radius 2 is 0.573 bits per heavy atom. The Hall–Kier alpha value is -11.7. The zero-order valence-corrected chi connectivity index (χ0v) is 49.2. The second-order valence-corrected chi connectivity index (χ2v) is 23.5. The van der Waals surface area contributed by atoms with Gasteiger partial charge in [0.05, 0.1) is 50.2 Å². The molecule has 0 fully saturated rings. The maximum Gasteiger partial charge on any atom is 0.160 e. The van der Waals surface area contributed by atoms with Crippen molar-refractivity contribution in [2.45, 2.75) is 13.8 Å². The van der Waals surface area contributed by atoms with Gasteiger partial charge in [-0.15, -0.1) is 0 Å². The molecule has 13 aromatic carbocycles. The van der Waals surface area contributed by atoms with Gasteiger partial charge in [-0.1, -0.05) is 230 Å². The summed E-state index contributed by atoms with van der Waals surface area (Å²) in [5, 5.41) is 7.19. The fourth-order valence-electron chi connectivity index (χ4n) is 13.7. The first-order chi connectivity index (χ1) is 43.9. The molecule has 0 amide bonds. The molecule has 0 aliphatic carbocycles. The molecule has 0 spiro atoms. The van der Waals surface area contributed by atoms with Crippen LogP contribution in [0.5, 0.6) is 0 Å². The van der Waals surface area contributed by atoms with E-state index < -0.39 is 0 Å². The molecule has 0 atom stereocenters. The summed E-state index contributed by atoms with van der Waals surface area (Å²) in [6.07, 6.45) is 0. The zero-order valence-electron chi connectivity index (χ0n) is 49.2. The third-order valence-electron chi connectivity index (χ3n) is 18.0. The van der Waals surface area contributed by atoms with Crippen LogP contribution in [0.1, 0.15) is 11.1 Å². The van der Waals surface area contributed by atoms with Crippen LogP contribution in [0, 0.1) is 13.8 Å². The predicted octanol–water partition coefficient (Wildman–Crippen LogP) is 22.1. The molecule has 0 saturated carbocycles. The van der Waals surface area contributed by atoms with Gasteiger partial charge in [-0.3, -0.25) is 0 Å². The van der Waals surface area contributed by atoms with E-state index in [1.807, 2.05) is 0 Å². The lowest BCUT2D eigenvalue weighted by Gasteiger charge is -2.22. The molecule has 0 unspecified atom stereocenters. The van der Waals surface area contributed by atoms with Crippen molar-refractivity contribution in [3.8, 4) is 95.5 Å². The Morgan fingerprint density at radius 3 is 0.978 bits per heavy atom. The van der Waals surface area contributed by atoms with E-state index in [9.17, 15) is 0 Å². The summed E-state index contributed by atoms with van der Waals surface area (Å²) in [5.41, 5.74) is 25.9. The lowest BCUT2D eigenvalue weighted by molar-refractivity contribution is 1.16. The number of hydrogen-bond acceptors (Lipinski definition) is 2. The summed E-state index contributed by atoms with van der Waals surface area (Å²) in [4.78, 5) is 11.2. The van der Waals surface area contributed by atoms with Crippen LogP contribution in [0.2, 0.25) is 0 Å². The van der Waals surface area contributed by atoms with Crippen LogP contribution >= 0.6 is 0 Å². The number of fused-ring (bicyclic) bond motifs is 9. The van der Waals surface area contributed by atoms with Gasteiger partial charge in [0.15, 0.2) is 5.82 Å². The smallest absolute Gasteiger partial charge is 0.160 e. The van der Waals surface area contributed by atoms with E-state index in [0.717, 1.165) is 122 Å².